The number of fused-ring (bicyclic) bond motifs is 3. The zero-order chi connectivity index (χ0) is 19.8. The second-order valence-corrected chi connectivity index (χ2v) is 7.87. The number of hydrogen-bond acceptors (Lipinski definition) is 4. The van der Waals surface area contributed by atoms with Crippen molar-refractivity contribution in [2.45, 2.75) is 31.8 Å². The van der Waals surface area contributed by atoms with Gasteiger partial charge in [-0.25, -0.2) is 13.6 Å². The van der Waals surface area contributed by atoms with Gasteiger partial charge >= 0.3 is 6.61 Å². The maximum atomic E-state index is 12.8. The first-order chi connectivity index (χ1) is 12.7. The summed E-state index contributed by atoms with van der Waals surface area (Å²) in [7, 11) is -3.73. The second kappa shape index (κ2) is 7.28. The molecule has 0 aliphatic carbocycles. The Morgan fingerprint density at radius 3 is 2.70 bits per heavy atom. The summed E-state index contributed by atoms with van der Waals surface area (Å²) in [5.41, 5.74) is 3.01. The highest BCUT2D eigenvalue weighted by Crippen LogP contribution is 2.49. The van der Waals surface area contributed by atoms with E-state index in [9.17, 15) is 17.2 Å². The largest absolute Gasteiger partial charge is 0.485 e. The van der Waals surface area contributed by atoms with E-state index in [-0.39, 0.29) is 11.5 Å². The van der Waals surface area contributed by atoms with Crippen molar-refractivity contribution in [3.8, 4) is 22.6 Å². The van der Waals surface area contributed by atoms with Crippen LogP contribution in [0.25, 0.3) is 11.1 Å². The Morgan fingerprint density at radius 2 is 2.07 bits per heavy atom. The van der Waals surface area contributed by atoms with Crippen molar-refractivity contribution in [2.75, 3.05) is 0 Å². The van der Waals surface area contributed by atoms with Crippen LogP contribution < -0.4 is 14.6 Å². The van der Waals surface area contributed by atoms with Crippen LogP contribution in [0.2, 0.25) is 0 Å². The number of ether oxygens (including phenoxy) is 2. The fourth-order valence-electron chi connectivity index (χ4n) is 3.38. The summed E-state index contributed by atoms with van der Waals surface area (Å²) in [6.45, 7) is 2.52. The minimum Gasteiger partial charge on any atom is -0.485 e. The van der Waals surface area contributed by atoms with E-state index in [0.717, 1.165) is 0 Å². The molecule has 0 amide bonds. The van der Waals surface area contributed by atoms with Gasteiger partial charge in [-0.05, 0) is 35.7 Å². The minimum absolute atomic E-state index is 0.000556. The molecular weight excluding hydrogens is 376 g/mol. The van der Waals surface area contributed by atoms with Gasteiger partial charge in [0.15, 0.2) is 0 Å². The van der Waals surface area contributed by atoms with Gasteiger partial charge in [0.1, 0.15) is 17.6 Å². The molecule has 0 bridgehead atoms. The van der Waals surface area contributed by atoms with E-state index >= 15 is 0 Å². The third-order valence-corrected chi connectivity index (χ3v) is 5.14. The van der Waals surface area contributed by atoms with Gasteiger partial charge in [-0.3, -0.25) is 0 Å². The molecule has 1 aliphatic heterocycles. The molecule has 1 heterocycles. The lowest BCUT2D eigenvalue weighted by Crippen LogP contribution is -2.19. The van der Waals surface area contributed by atoms with Gasteiger partial charge in [0, 0.05) is 12.0 Å². The number of hydrogen-bond donors (Lipinski definition) is 1. The maximum Gasteiger partial charge on any atom is 0.387 e. The van der Waals surface area contributed by atoms with Gasteiger partial charge < -0.3 is 9.47 Å². The summed E-state index contributed by atoms with van der Waals surface area (Å²) in [5, 5.41) is 5.18. The van der Waals surface area contributed by atoms with Crippen LogP contribution in [-0.2, 0) is 15.8 Å². The van der Waals surface area contributed by atoms with E-state index in [0.29, 0.717) is 40.0 Å². The van der Waals surface area contributed by atoms with Crippen molar-refractivity contribution in [3.63, 3.8) is 0 Å². The average Bonchev–Trinajstić information content (AvgIpc) is 2.55. The number of rotatable bonds is 6. The summed E-state index contributed by atoms with van der Waals surface area (Å²) >= 11 is 0. The highest BCUT2D eigenvalue weighted by Gasteiger charge is 2.31. The molecule has 3 rings (SSSR count). The average molecular weight is 395 g/mol. The van der Waals surface area contributed by atoms with Gasteiger partial charge in [-0.15, -0.1) is 6.58 Å². The Bertz CT molecular complexity index is 989. The summed E-state index contributed by atoms with van der Waals surface area (Å²) in [4.78, 5) is 0. The molecule has 0 spiro atoms. The minimum atomic E-state index is -3.73. The first-order valence-corrected chi connectivity index (χ1v) is 9.91. The van der Waals surface area contributed by atoms with E-state index < -0.39 is 22.7 Å². The van der Waals surface area contributed by atoms with Crippen molar-refractivity contribution >= 4 is 10.0 Å². The van der Waals surface area contributed by atoms with E-state index in [2.05, 4.69) is 11.3 Å². The van der Waals surface area contributed by atoms with Crippen LogP contribution in [0, 0.1) is 6.92 Å². The van der Waals surface area contributed by atoms with Crippen molar-refractivity contribution in [2.24, 2.45) is 5.14 Å². The Hall–Kier alpha value is -2.45. The van der Waals surface area contributed by atoms with Gasteiger partial charge in [-0.1, -0.05) is 24.3 Å². The molecule has 27 heavy (non-hydrogen) atoms. The Labute approximate surface area is 156 Å². The van der Waals surface area contributed by atoms with Crippen molar-refractivity contribution < 1.29 is 26.7 Å². The Kier molecular flexibility index (Phi) is 5.21. The first kappa shape index (κ1) is 19.3. The van der Waals surface area contributed by atoms with Crippen molar-refractivity contribution in [3.05, 3.63) is 59.7 Å². The van der Waals surface area contributed by atoms with Crippen LogP contribution in [0.4, 0.5) is 8.78 Å². The number of nitrogens with two attached hydrogens (primary N) is 1. The van der Waals surface area contributed by atoms with Crippen LogP contribution in [0.3, 0.4) is 0 Å². The summed E-state index contributed by atoms with van der Waals surface area (Å²) in [5.74, 6) is 0.0973. The summed E-state index contributed by atoms with van der Waals surface area (Å²) in [6, 6.07) is 8.03. The lowest BCUT2D eigenvalue weighted by atomic mass is 9.86. The first-order valence-electron chi connectivity index (χ1n) is 8.20. The summed E-state index contributed by atoms with van der Waals surface area (Å²) < 4.78 is 59.4. The van der Waals surface area contributed by atoms with Crippen molar-refractivity contribution in [1.82, 2.24) is 0 Å². The van der Waals surface area contributed by atoms with Crippen LogP contribution in [-0.4, -0.2) is 15.0 Å². The molecule has 2 aromatic rings. The number of primary sulfonamides is 1. The predicted octanol–water partition coefficient (Wildman–Crippen LogP) is 4.06. The van der Waals surface area contributed by atoms with E-state index in [1.54, 1.807) is 37.3 Å². The molecule has 144 valence electrons. The third kappa shape index (κ3) is 3.96. The lowest BCUT2D eigenvalue weighted by Gasteiger charge is -2.31. The molecule has 5 nitrogen and oxygen atoms in total. The third-order valence-electron chi connectivity index (χ3n) is 4.43. The number of benzene rings is 2. The molecule has 1 unspecified atom stereocenters. The van der Waals surface area contributed by atoms with E-state index in [4.69, 9.17) is 9.88 Å². The standard InChI is InChI=1S/C19H19F2NO4S/c1-3-5-14-17-11(2)12(10-27(22,23)24)8-9-13(17)18-15(25-14)6-4-7-16(18)26-19(20)21/h3-4,6-9,14,19H,1,5,10H2,2H3,(H2,22,23,24). The topological polar surface area (TPSA) is 78.6 Å². The molecule has 1 atom stereocenters. The summed E-state index contributed by atoms with van der Waals surface area (Å²) in [6.07, 6.45) is 1.73. The zero-order valence-electron chi connectivity index (χ0n) is 14.6. The smallest absolute Gasteiger partial charge is 0.387 e. The fraction of sp³-hybridized carbons (Fsp3) is 0.263. The fourth-order valence-corrected chi connectivity index (χ4v) is 4.12. The molecular formula is C19H19F2NO4S. The SMILES string of the molecule is C=CCC1Oc2cccc(OC(F)F)c2-c2ccc(CS(N)(=O)=O)c(C)c21. The van der Waals surface area contributed by atoms with E-state index in [1.165, 1.54) is 6.07 Å². The van der Waals surface area contributed by atoms with Crippen LogP contribution in [0.15, 0.2) is 43.0 Å². The molecule has 0 saturated heterocycles. The van der Waals surface area contributed by atoms with Gasteiger partial charge in [0.05, 0.1) is 11.3 Å². The molecule has 0 saturated carbocycles. The predicted molar refractivity (Wildman–Crippen MR) is 98.2 cm³/mol. The van der Waals surface area contributed by atoms with Crippen LogP contribution in [0.5, 0.6) is 11.5 Å². The molecule has 0 radical (unpaired) electrons. The maximum absolute atomic E-state index is 12.8. The number of halogens is 2. The number of sulfonamides is 1. The van der Waals surface area contributed by atoms with Crippen LogP contribution in [0.1, 0.15) is 29.2 Å². The van der Waals surface area contributed by atoms with Gasteiger partial charge in [0.25, 0.3) is 0 Å². The molecule has 0 aromatic heterocycles. The molecule has 0 fully saturated rings. The van der Waals surface area contributed by atoms with Crippen molar-refractivity contribution in [1.29, 1.82) is 0 Å². The van der Waals surface area contributed by atoms with Crippen LogP contribution >= 0.6 is 0 Å². The molecule has 1 aliphatic rings. The van der Waals surface area contributed by atoms with E-state index in [1.807, 2.05) is 0 Å². The number of alkyl halides is 2. The Balaban J connectivity index is 2.23. The quantitative estimate of drug-likeness (QED) is 0.748. The van der Waals surface area contributed by atoms with Gasteiger partial charge in [-0.2, -0.15) is 8.78 Å². The molecule has 2 aromatic carbocycles. The Morgan fingerprint density at radius 1 is 1.33 bits per heavy atom. The highest BCUT2D eigenvalue weighted by molar-refractivity contribution is 7.88. The molecule has 2 N–H and O–H groups in total. The normalized spacial score (nSPS) is 15.7. The second-order valence-electron chi connectivity index (χ2n) is 6.26. The zero-order valence-corrected chi connectivity index (χ0v) is 15.4. The highest BCUT2D eigenvalue weighted by atomic mass is 32.2. The van der Waals surface area contributed by atoms with Gasteiger partial charge in [0.2, 0.25) is 10.0 Å². The monoisotopic (exact) mass is 395 g/mol. The lowest BCUT2D eigenvalue weighted by molar-refractivity contribution is -0.0496. The molecule has 8 heteroatoms.